The Labute approximate surface area is 85.7 Å². The Kier molecular flexibility index (Phi) is 1.65. The maximum absolute atomic E-state index is 11.9. The maximum atomic E-state index is 11.9. The SMILES string of the molecule is CN(C)C12CC3C[C@H](C1)C(=O)[C@@H](C3)C2. The van der Waals surface area contributed by atoms with Gasteiger partial charge in [-0.2, -0.15) is 0 Å². The van der Waals surface area contributed by atoms with E-state index in [1.807, 2.05) is 0 Å². The molecule has 4 aliphatic carbocycles. The van der Waals surface area contributed by atoms with Gasteiger partial charge in [0.1, 0.15) is 5.78 Å². The molecule has 0 aliphatic heterocycles. The number of nitrogens with zero attached hydrogens (tertiary/aromatic N) is 1. The highest BCUT2D eigenvalue weighted by molar-refractivity contribution is 5.86. The van der Waals surface area contributed by atoms with Gasteiger partial charge in [-0.25, -0.2) is 0 Å². The highest BCUT2D eigenvalue weighted by Crippen LogP contribution is 2.55. The average molecular weight is 193 g/mol. The van der Waals surface area contributed by atoms with Gasteiger partial charge in [0, 0.05) is 17.4 Å². The van der Waals surface area contributed by atoms with E-state index in [0.717, 1.165) is 18.8 Å². The van der Waals surface area contributed by atoms with Crippen LogP contribution in [0.15, 0.2) is 0 Å². The number of rotatable bonds is 1. The first-order valence-electron chi connectivity index (χ1n) is 5.82. The van der Waals surface area contributed by atoms with Crippen molar-refractivity contribution in [2.24, 2.45) is 17.8 Å². The van der Waals surface area contributed by atoms with Crippen LogP contribution in [0, 0.1) is 17.8 Å². The molecule has 0 radical (unpaired) electrons. The Morgan fingerprint density at radius 2 is 1.71 bits per heavy atom. The van der Waals surface area contributed by atoms with Gasteiger partial charge in [0.05, 0.1) is 0 Å². The third-order valence-electron chi connectivity index (χ3n) is 4.91. The van der Waals surface area contributed by atoms with Crippen LogP contribution in [0.3, 0.4) is 0 Å². The summed E-state index contributed by atoms with van der Waals surface area (Å²) in [7, 11) is 4.38. The Morgan fingerprint density at radius 3 is 2.21 bits per heavy atom. The third kappa shape index (κ3) is 0.979. The quantitative estimate of drug-likeness (QED) is 0.631. The van der Waals surface area contributed by atoms with E-state index in [4.69, 9.17) is 0 Å². The molecule has 0 amide bonds. The van der Waals surface area contributed by atoms with Gasteiger partial charge in [0.15, 0.2) is 0 Å². The van der Waals surface area contributed by atoms with Gasteiger partial charge in [-0.05, 0) is 52.1 Å². The van der Waals surface area contributed by atoms with E-state index in [9.17, 15) is 4.79 Å². The van der Waals surface area contributed by atoms with Gasteiger partial charge < -0.3 is 4.90 Å². The monoisotopic (exact) mass is 193 g/mol. The second kappa shape index (κ2) is 2.60. The Balaban J connectivity index is 1.96. The number of hydrogen-bond donors (Lipinski definition) is 0. The van der Waals surface area contributed by atoms with Crippen molar-refractivity contribution in [3.8, 4) is 0 Å². The zero-order valence-electron chi connectivity index (χ0n) is 9.12. The van der Waals surface area contributed by atoms with Gasteiger partial charge in [0.25, 0.3) is 0 Å². The molecule has 0 aromatic heterocycles. The number of carbonyl (C=O) groups is 1. The molecule has 2 unspecified atom stereocenters. The molecule has 14 heavy (non-hydrogen) atoms. The van der Waals surface area contributed by atoms with E-state index >= 15 is 0 Å². The molecule has 2 nitrogen and oxygen atoms in total. The van der Waals surface area contributed by atoms with Crippen LogP contribution in [0.1, 0.15) is 32.1 Å². The largest absolute Gasteiger partial charge is 0.304 e. The lowest BCUT2D eigenvalue weighted by Gasteiger charge is -2.58. The van der Waals surface area contributed by atoms with E-state index < -0.39 is 0 Å². The van der Waals surface area contributed by atoms with E-state index in [1.54, 1.807) is 0 Å². The molecule has 4 rings (SSSR count). The number of ketones is 1. The molecule has 2 heteroatoms. The third-order valence-corrected chi connectivity index (χ3v) is 4.91. The lowest BCUT2D eigenvalue weighted by molar-refractivity contribution is -0.148. The van der Waals surface area contributed by atoms with E-state index in [-0.39, 0.29) is 0 Å². The van der Waals surface area contributed by atoms with Crippen LogP contribution < -0.4 is 0 Å². The predicted octanol–water partition coefficient (Wildman–Crippen LogP) is 1.70. The molecule has 0 aromatic rings. The van der Waals surface area contributed by atoms with Crippen molar-refractivity contribution in [1.29, 1.82) is 0 Å². The number of Topliss-reactive ketones (excluding diaryl/α,β-unsaturated/α-hetero) is 1. The smallest absolute Gasteiger partial charge is 0.139 e. The molecule has 4 aliphatic rings. The average Bonchev–Trinajstić information content (AvgIpc) is 2.12. The molecule has 0 aromatic carbocycles. The summed E-state index contributed by atoms with van der Waals surface area (Å²) in [4.78, 5) is 14.3. The number of carbonyl (C=O) groups excluding carboxylic acids is 1. The van der Waals surface area contributed by atoms with Crippen LogP contribution in [0.25, 0.3) is 0 Å². The van der Waals surface area contributed by atoms with E-state index in [2.05, 4.69) is 19.0 Å². The fourth-order valence-electron chi connectivity index (χ4n) is 4.25. The van der Waals surface area contributed by atoms with Crippen molar-refractivity contribution in [2.45, 2.75) is 37.6 Å². The van der Waals surface area contributed by atoms with E-state index in [1.165, 1.54) is 19.3 Å². The highest BCUT2D eigenvalue weighted by atomic mass is 16.1. The summed E-state index contributed by atoms with van der Waals surface area (Å²) in [5, 5.41) is 0. The zero-order chi connectivity index (χ0) is 9.92. The molecule has 0 heterocycles. The van der Waals surface area contributed by atoms with Crippen LogP contribution in [0.2, 0.25) is 0 Å². The predicted molar refractivity (Wildman–Crippen MR) is 55.0 cm³/mol. The normalized spacial score (nSPS) is 50.5. The summed E-state index contributed by atoms with van der Waals surface area (Å²) in [5.41, 5.74) is 0.393. The molecular formula is C12H19NO. The molecule has 4 atom stereocenters. The second-order valence-electron chi connectivity index (χ2n) is 5.86. The highest BCUT2D eigenvalue weighted by Gasteiger charge is 2.55. The lowest BCUT2D eigenvalue weighted by atomic mass is 9.52. The number of hydrogen-bond acceptors (Lipinski definition) is 2. The Morgan fingerprint density at radius 1 is 1.14 bits per heavy atom. The minimum atomic E-state index is 0.393. The molecule has 0 spiro atoms. The van der Waals surface area contributed by atoms with Crippen molar-refractivity contribution in [3.05, 3.63) is 0 Å². The molecular weight excluding hydrogens is 174 g/mol. The maximum Gasteiger partial charge on any atom is 0.139 e. The van der Waals surface area contributed by atoms with Crippen LogP contribution >= 0.6 is 0 Å². The topological polar surface area (TPSA) is 20.3 Å². The minimum Gasteiger partial charge on any atom is -0.304 e. The first-order valence-corrected chi connectivity index (χ1v) is 5.82. The van der Waals surface area contributed by atoms with Crippen molar-refractivity contribution < 1.29 is 4.79 Å². The summed E-state index contributed by atoms with van der Waals surface area (Å²) >= 11 is 0. The van der Waals surface area contributed by atoms with Crippen LogP contribution in [-0.4, -0.2) is 30.3 Å². The molecule has 4 saturated carbocycles. The molecule has 78 valence electrons. The first-order chi connectivity index (χ1) is 6.61. The molecule has 4 bridgehead atoms. The lowest BCUT2D eigenvalue weighted by Crippen LogP contribution is -2.60. The summed E-state index contributed by atoms with van der Waals surface area (Å²) in [6.07, 6.45) is 6.04. The standard InChI is InChI=1S/C12H19NO/c1-13(2)12-5-8-3-9(6-12)11(14)10(4-8)7-12/h8-10H,3-7H2,1-2H3/t8?,9-,10+,12?. The Hall–Kier alpha value is -0.370. The van der Waals surface area contributed by atoms with Crippen LogP contribution in [-0.2, 0) is 4.79 Å². The van der Waals surface area contributed by atoms with Gasteiger partial charge in [0.2, 0.25) is 0 Å². The molecule has 4 fully saturated rings. The summed E-state index contributed by atoms with van der Waals surface area (Å²) in [6, 6.07) is 0. The van der Waals surface area contributed by atoms with Crippen molar-refractivity contribution >= 4 is 5.78 Å². The molecule has 0 N–H and O–H groups in total. The van der Waals surface area contributed by atoms with Crippen LogP contribution in [0.5, 0.6) is 0 Å². The fraction of sp³-hybridized carbons (Fsp3) is 0.917. The van der Waals surface area contributed by atoms with Gasteiger partial charge >= 0.3 is 0 Å². The van der Waals surface area contributed by atoms with Crippen molar-refractivity contribution in [2.75, 3.05) is 14.1 Å². The first kappa shape index (κ1) is 8.90. The van der Waals surface area contributed by atoms with Gasteiger partial charge in [-0.3, -0.25) is 4.79 Å². The zero-order valence-corrected chi connectivity index (χ0v) is 9.12. The summed E-state index contributed by atoms with van der Waals surface area (Å²) in [6.45, 7) is 0. The van der Waals surface area contributed by atoms with Crippen molar-refractivity contribution in [3.63, 3.8) is 0 Å². The fourth-order valence-corrected chi connectivity index (χ4v) is 4.25. The second-order valence-corrected chi connectivity index (χ2v) is 5.86. The van der Waals surface area contributed by atoms with Crippen LogP contribution in [0.4, 0.5) is 0 Å². The van der Waals surface area contributed by atoms with Gasteiger partial charge in [-0.1, -0.05) is 0 Å². The van der Waals surface area contributed by atoms with Crippen molar-refractivity contribution in [1.82, 2.24) is 4.90 Å². The summed E-state index contributed by atoms with van der Waals surface area (Å²) < 4.78 is 0. The molecule has 0 saturated heterocycles. The summed E-state index contributed by atoms with van der Waals surface area (Å²) in [5.74, 6) is 2.29. The minimum absolute atomic E-state index is 0.393. The van der Waals surface area contributed by atoms with Gasteiger partial charge in [-0.15, -0.1) is 0 Å². The Bertz CT molecular complexity index is 266. The van der Waals surface area contributed by atoms with E-state index in [0.29, 0.717) is 23.2 Å².